The Bertz CT molecular complexity index is 658. The summed E-state index contributed by atoms with van der Waals surface area (Å²) in [6.45, 7) is 2.48. The molecule has 0 saturated carbocycles. The second kappa shape index (κ2) is 6.29. The molecule has 3 nitrogen and oxygen atoms in total. The first-order chi connectivity index (χ1) is 9.52. The summed E-state index contributed by atoms with van der Waals surface area (Å²) >= 11 is 9.33. The maximum absolute atomic E-state index is 12.4. The number of halogens is 2. The molecule has 0 fully saturated rings. The fourth-order valence-corrected chi connectivity index (χ4v) is 2.48. The van der Waals surface area contributed by atoms with Gasteiger partial charge in [-0.2, -0.15) is 0 Å². The van der Waals surface area contributed by atoms with Crippen LogP contribution in [0.3, 0.4) is 0 Å². The van der Waals surface area contributed by atoms with E-state index in [1.165, 1.54) is 0 Å². The van der Waals surface area contributed by atoms with Gasteiger partial charge in [0.05, 0.1) is 17.3 Å². The van der Waals surface area contributed by atoms with Crippen LogP contribution in [0.15, 0.2) is 40.9 Å². The number of ether oxygens (including phenoxy) is 1. The molecule has 0 aliphatic carbocycles. The van der Waals surface area contributed by atoms with Gasteiger partial charge >= 0.3 is 0 Å². The molecular formula is C15H13BrClNO2. The van der Waals surface area contributed by atoms with Crippen LogP contribution in [0.25, 0.3) is 0 Å². The quantitative estimate of drug-likeness (QED) is 0.657. The molecule has 0 saturated heterocycles. The zero-order valence-electron chi connectivity index (χ0n) is 10.8. The van der Waals surface area contributed by atoms with Gasteiger partial charge in [-0.15, -0.1) is 0 Å². The van der Waals surface area contributed by atoms with Crippen LogP contribution in [0.2, 0.25) is 5.02 Å². The minimum absolute atomic E-state index is 0.123. The van der Waals surface area contributed by atoms with Gasteiger partial charge in [-0.3, -0.25) is 4.79 Å². The normalized spacial score (nSPS) is 10.3. The molecular weight excluding hydrogens is 342 g/mol. The molecule has 0 spiro atoms. The third-order valence-corrected chi connectivity index (χ3v) is 3.74. The molecule has 0 atom stereocenters. The summed E-state index contributed by atoms with van der Waals surface area (Å²) in [5.74, 6) is 0.591. The van der Waals surface area contributed by atoms with Gasteiger partial charge in [0.1, 0.15) is 5.75 Å². The second-order valence-electron chi connectivity index (χ2n) is 4.14. The SMILES string of the molecule is CCOc1ccc(C(=O)c2ccc(N)c(Cl)c2)c(Br)c1. The average Bonchev–Trinajstić information content (AvgIpc) is 2.42. The van der Waals surface area contributed by atoms with E-state index in [2.05, 4.69) is 15.9 Å². The van der Waals surface area contributed by atoms with Crippen LogP contribution < -0.4 is 10.5 Å². The number of rotatable bonds is 4. The number of carbonyl (C=O) groups excluding carboxylic acids is 1. The van der Waals surface area contributed by atoms with Crippen LogP contribution >= 0.6 is 27.5 Å². The van der Waals surface area contributed by atoms with Gasteiger partial charge in [-0.25, -0.2) is 0 Å². The highest BCUT2D eigenvalue weighted by Crippen LogP contribution is 2.27. The molecule has 104 valence electrons. The molecule has 0 unspecified atom stereocenters. The highest BCUT2D eigenvalue weighted by atomic mass is 79.9. The second-order valence-corrected chi connectivity index (χ2v) is 5.40. The Morgan fingerprint density at radius 1 is 1.30 bits per heavy atom. The molecule has 2 aromatic rings. The standard InChI is InChI=1S/C15H13BrClNO2/c1-2-20-10-4-5-11(12(16)8-10)15(19)9-3-6-14(18)13(17)7-9/h3-8H,2,18H2,1H3. The molecule has 0 amide bonds. The molecule has 0 aromatic heterocycles. The van der Waals surface area contributed by atoms with Gasteiger partial charge in [0.25, 0.3) is 0 Å². The van der Waals surface area contributed by atoms with E-state index in [0.29, 0.717) is 38.7 Å². The number of ketones is 1. The largest absolute Gasteiger partial charge is 0.494 e. The number of hydrogen-bond donors (Lipinski definition) is 1. The van der Waals surface area contributed by atoms with E-state index < -0.39 is 0 Å². The van der Waals surface area contributed by atoms with E-state index >= 15 is 0 Å². The minimum Gasteiger partial charge on any atom is -0.494 e. The molecule has 0 aliphatic heterocycles. The molecule has 0 radical (unpaired) electrons. The van der Waals surface area contributed by atoms with E-state index in [9.17, 15) is 4.79 Å². The molecule has 0 bridgehead atoms. The number of carbonyl (C=O) groups is 1. The lowest BCUT2D eigenvalue weighted by Gasteiger charge is -2.08. The molecule has 0 aliphatic rings. The summed E-state index contributed by atoms with van der Waals surface area (Å²) in [7, 11) is 0. The maximum Gasteiger partial charge on any atom is 0.194 e. The average molecular weight is 355 g/mol. The van der Waals surface area contributed by atoms with Crippen molar-refractivity contribution in [2.24, 2.45) is 0 Å². The van der Waals surface area contributed by atoms with Gasteiger partial charge in [-0.05, 0) is 59.3 Å². The topological polar surface area (TPSA) is 52.3 Å². The number of nitrogens with two attached hydrogens (primary N) is 1. The van der Waals surface area contributed by atoms with Crippen LogP contribution in [-0.4, -0.2) is 12.4 Å². The van der Waals surface area contributed by atoms with Crippen molar-refractivity contribution in [2.45, 2.75) is 6.92 Å². The lowest BCUT2D eigenvalue weighted by Crippen LogP contribution is -2.03. The van der Waals surface area contributed by atoms with Crippen LogP contribution in [0.1, 0.15) is 22.8 Å². The lowest BCUT2D eigenvalue weighted by atomic mass is 10.0. The van der Waals surface area contributed by atoms with Crippen molar-refractivity contribution >= 4 is 39.0 Å². The Morgan fingerprint density at radius 3 is 2.65 bits per heavy atom. The zero-order chi connectivity index (χ0) is 14.7. The number of hydrogen-bond acceptors (Lipinski definition) is 3. The molecule has 5 heteroatoms. The van der Waals surface area contributed by atoms with Crippen molar-refractivity contribution in [3.8, 4) is 5.75 Å². The molecule has 20 heavy (non-hydrogen) atoms. The van der Waals surface area contributed by atoms with Gasteiger partial charge < -0.3 is 10.5 Å². The smallest absolute Gasteiger partial charge is 0.194 e. The maximum atomic E-state index is 12.4. The van der Waals surface area contributed by atoms with E-state index in [1.54, 1.807) is 36.4 Å². The first-order valence-corrected chi connectivity index (χ1v) is 7.22. The van der Waals surface area contributed by atoms with Crippen LogP contribution in [-0.2, 0) is 0 Å². The number of anilines is 1. The van der Waals surface area contributed by atoms with Crippen LogP contribution in [0.5, 0.6) is 5.75 Å². The first-order valence-electron chi connectivity index (χ1n) is 6.05. The number of benzene rings is 2. The van der Waals surface area contributed by atoms with Gasteiger partial charge in [0.2, 0.25) is 0 Å². The third kappa shape index (κ3) is 3.14. The lowest BCUT2D eigenvalue weighted by molar-refractivity contribution is 0.103. The van der Waals surface area contributed by atoms with Crippen molar-refractivity contribution < 1.29 is 9.53 Å². The van der Waals surface area contributed by atoms with Crippen LogP contribution in [0, 0.1) is 0 Å². The number of nitrogen functional groups attached to an aromatic ring is 1. The summed E-state index contributed by atoms with van der Waals surface area (Å²) in [5, 5.41) is 0.373. The van der Waals surface area contributed by atoms with Gasteiger partial charge in [-0.1, -0.05) is 11.6 Å². The van der Waals surface area contributed by atoms with Crippen molar-refractivity contribution in [1.82, 2.24) is 0 Å². The predicted molar refractivity (Wildman–Crippen MR) is 84.6 cm³/mol. The Hall–Kier alpha value is -1.52. The zero-order valence-corrected chi connectivity index (χ0v) is 13.2. The van der Waals surface area contributed by atoms with Gasteiger partial charge in [0.15, 0.2) is 5.78 Å². The van der Waals surface area contributed by atoms with E-state index in [1.807, 2.05) is 6.92 Å². The third-order valence-electron chi connectivity index (χ3n) is 2.76. The summed E-state index contributed by atoms with van der Waals surface area (Å²) < 4.78 is 6.06. The first kappa shape index (κ1) is 14.9. The summed E-state index contributed by atoms with van der Waals surface area (Å²) in [6.07, 6.45) is 0. The molecule has 2 aromatic carbocycles. The molecule has 0 heterocycles. The summed E-state index contributed by atoms with van der Waals surface area (Å²) in [5.41, 5.74) is 7.14. The van der Waals surface area contributed by atoms with Crippen LogP contribution in [0.4, 0.5) is 5.69 Å². The van der Waals surface area contributed by atoms with E-state index in [4.69, 9.17) is 22.1 Å². The Labute approximate surface area is 130 Å². The highest BCUT2D eigenvalue weighted by Gasteiger charge is 2.14. The Kier molecular flexibility index (Phi) is 4.68. The molecule has 2 N–H and O–H groups in total. The minimum atomic E-state index is -0.123. The van der Waals surface area contributed by atoms with E-state index in [0.717, 1.165) is 0 Å². The predicted octanol–water partition coefficient (Wildman–Crippen LogP) is 4.31. The summed E-state index contributed by atoms with van der Waals surface area (Å²) in [6, 6.07) is 10.1. The Balaban J connectivity index is 2.35. The fraction of sp³-hybridized carbons (Fsp3) is 0.133. The highest BCUT2D eigenvalue weighted by molar-refractivity contribution is 9.10. The Morgan fingerprint density at radius 2 is 2.05 bits per heavy atom. The van der Waals surface area contributed by atoms with Crippen molar-refractivity contribution in [3.05, 3.63) is 57.0 Å². The molecule has 2 rings (SSSR count). The van der Waals surface area contributed by atoms with E-state index in [-0.39, 0.29) is 5.78 Å². The monoisotopic (exact) mass is 353 g/mol. The van der Waals surface area contributed by atoms with Crippen molar-refractivity contribution in [1.29, 1.82) is 0 Å². The van der Waals surface area contributed by atoms with Crippen molar-refractivity contribution in [2.75, 3.05) is 12.3 Å². The fourth-order valence-electron chi connectivity index (χ4n) is 1.76. The summed E-state index contributed by atoms with van der Waals surface area (Å²) in [4.78, 5) is 12.4. The van der Waals surface area contributed by atoms with Gasteiger partial charge in [0, 0.05) is 15.6 Å². The van der Waals surface area contributed by atoms with Crippen molar-refractivity contribution in [3.63, 3.8) is 0 Å².